The minimum Gasteiger partial charge on any atom is -0.366 e. The first-order valence-corrected chi connectivity index (χ1v) is 6.95. The average Bonchev–Trinajstić information content (AvgIpc) is 3.09. The number of nitrogens with one attached hydrogen (secondary N) is 1. The molecule has 1 aromatic heterocycles. The molecule has 2 aliphatic rings. The van der Waals surface area contributed by atoms with Crippen molar-refractivity contribution in [2.45, 2.75) is 31.7 Å². The van der Waals surface area contributed by atoms with E-state index in [0.29, 0.717) is 6.04 Å². The Labute approximate surface area is 112 Å². The number of carbonyl (C=O) groups excluding carboxylic acids is 1. The molecule has 0 radical (unpaired) electrons. The first-order valence-electron chi connectivity index (χ1n) is 6.95. The van der Waals surface area contributed by atoms with Gasteiger partial charge in [0.1, 0.15) is 0 Å². The summed E-state index contributed by atoms with van der Waals surface area (Å²) in [6.07, 6.45) is 4.73. The Morgan fingerprint density at radius 1 is 1.21 bits per heavy atom. The number of piperidine rings is 1. The fraction of sp³-hybridized carbons (Fsp3) is 0.750. The highest BCUT2D eigenvalue weighted by molar-refractivity contribution is 5.90. The van der Waals surface area contributed by atoms with Crippen LogP contribution in [0.25, 0.3) is 0 Å². The van der Waals surface area contributed by atoms with Crippen LogP contribution < -0.4 is 5.73 Å². The first-order chi connectivity index (χ1) is 9.24. The lowest BCUT2D eigenvalue weighted by Crippen LogP contribution is -2.46. The largest absolute Gasteiger partial charge is 0.366 e. The summed E-state index contributed by atoms with van der Waals surface area (Å²) in [6.45, 7) is 4.02. The van der Waals surface area contributed by atoms with Crippen LogP contribution in [0.1, 0.15) is 36.3 Å². The van der Waals surface area contributed by atoms with Crippen LogP contribution in [-0.2, 0) is 0 Å². The third-order valence-electron chi connectivity index (χ3n) is 4.11. The second-order valence-electron chi connectivity index (χ2n) is 5.31. The van der Waals surface area contributed by atoms with Gasteiger partial charge in [-0.15, -0.1) is 5.10 Å². The molecule has 0 atom stereocenters. The van der Waals surface area contributed by atoms with E-state index in [4.69, 9.17) is 5.73 Å². The maximum atomic E-state index is 12.2. The number of nitrogens with two attached hydrogens (primary N) is 1. The van der Waals surface area contributed by atoms with Crippen molar-refractivity contribution in [1.82, 2.24) is 25.0 Å². The molecule has 2 fully saturated rings. The normalized spacial score (nSPS) is 22.0. The molecule has 104 valence electrons. The minimum atomic E-state index is -0.0935. The van der Waals surface area contributed by atoms with Crippen LogP contribution in [-0.4, -0.2) is 63.1 Å². The highest BCUT2D eigenvalue weighted by atomic mass is 16.2. The van der Waals surface area contributed by atoms with Crippen molar-refractivity contribution in [3.8, 4) is 0 Å². The van der Waals surface area contributed by atoms with E-state index in [1.54, 1.807) is 0 Å². The molecule has 2 saturated heterocycles. The molecule has 7 heteroatoms. The third kappa shape index (κ3) is 2.56. The number of hydrogen-bond donors (Lipinski definition) is 2. The highest BCUT2D eigenvalue weighted by Gasteiger charge is 2.29. The van der Waals surface area contributed by atoms with E-state index in [1.807, 2.05) is 4.90 Å². The molecule has 0 aromatic carbocycles. The quantitative estimate of drug-likeness (QED) is 0.790. The SMILES string of the molecule is Nc1n[nH]c(C(=O)N2CCC(N3CCCC3)CC2)n1. The number of likely N-dealkylation sites (tertiary alicyclic amines) is 2. The molecule has 3 N–H and O–H groups in total. The van der Waals surface area contributed by atoms with Crippen LogP contribution in [0.5, 0.6) is 0 Å². The summed E-state index contributed by atoms with van der Waals surface area (Å²) in [5, 5.41) is 6.28. The molecule has 2 aliphatic heterocycles. The molecule has 0 unspecified atom stereocenters. The van der Waals surface area contributed by atoms with Gasteiger partial charge in [0, 0.05) is 19.1 Å². The van der Waals surface area contributed by atoms with Crippen molar-refractivity contribution >= 4 is 11.9 Å². The molecule has 1 aromatic rings. The standard InChI is InChI=1S/C12H20N6O/c13-12-14-10(15-16-12)11(19)18-7-3-9(4-8-18)17-5-1-2-6-17/h9H,1-8H2,(H3,13,14,15,16). The lowest BCUT2D eigenvalue weighted by atomic mass is 10.0. The lowest BCUT2D eigenvalue weighted by molar-refractivity contribution is 0.0633. The Hall–Kier alpha value is -1.63. The first kappa shape index (κ1) is 12.4. The van der Waals surface area contributed by atoms with Crippen LogP contribution in [0.2, 0.25) is 0 Å². The molecule has 3 rings (SSSR count). The van der Waals surface area contributed by atoms with E-state index >= 15 is 0 Å². The predicted octanol–water partition coefficient (Wildman–Crippen LogP) is 0.0873. The van der Waals surface area contributed by atoms with Gasteiger partial charge in [0.25, 0.3) is 5.91 Å². The van der Waals surface area contributed by atoms with Crippen LogP contribution >= 0.6 is 0 Å². The Balaban J connectivity index is 1.56. The summed E-state index contributed by atoms with van der Waals surface area (Å²) in [7, 11) is 0. The molecule has 0 aliphatic carbocycles. The summed E-state index contributed by atoms with van der Waals surface area (Å²) < 4.78 is 0. The van der Waals surface area contributed by atoms with Gasteiger partial charge in [-0.2, -0.15) is 4.98 Å². The number of H-pyrrole nitrogens is 1. The van der Waals surface area contributed by atoms with Crippen molar-refractivity contribution in [1.29, 1.82) is 0 Å². The van der Waals surface area contributed by atoms with Gasteiger partial charge >= 0.3 is 0 Å². The number of nitrogen functional groups attached to an aromatic ring is 1. The predicted molar refractivity (Wildman–Crippen MR) is 70.5 cm³/mol. The number of rotatable bonds is 2. The van der Waals surface area contributed by atoms with Gasteiger partial charge in [0.2, 0.25) is 11.8 Å². The van der Waals surface area contributed by atoms with E-state index in [1.165, 1.54) is 25.9 Å². The van der Waals surface area contributed by atoms with E-state index in [9.17, 15) is 4.79 Å². The molecule has 1 amide bonds. The second-order valence-corrected chi connectivity index (χ2v) is 5.31. The van der Waals surface area contributed by atoms with E-state index in [0.717, 1.165) is 25.9 Å². The van der Waals surface area contributed by atoms with Gasteiger partial charge in [-0.25, -0.2) is 0 Å². The number of amides is 1. The minimum absolute atomic E-state index is 0.0935. The monoisotopic (exact) mass is 264 g/mol. The molecule has 7 nitrogen and oxygen atoms in total. The van der Waals surface area contributed by atoms with Crippen LogP contribution in [0.15, 0.2) is 0 Å². The molecule has 0 bridgehead atoms. The number of anilines is 1. The number of aromatic nitrogens is 3. The zero-order valence-corrected chi connectivity index (χ0v) is 11.0. The molecule has 19 heavy (non-hydrogen) atoms. The molecule has 0 spiro atoms. The van der Waals surface area contributed by atoms with E-state index < -0.39 is 0 Å². The van der Waals surface area contributed by atoms with Gasteiger partial charge in [-0.1, -0.05) is 0 Å². The van der Waals surface area contributed by atoms with Crippen molar-refractivity contribution in [2.24, 2.45) is 0 Å². The summed E-state index contributed by atoms with van der Waals surface area (Å²) >= 11 is 0. The number of hydrogen-bond acceptors (Lipinski definition) is 5. The molecular weight excluding hydrogens is 244 g/mol. The van der Waals surface area contributed by atoms with Crippen molar-refractivity contribution < 1.29 is 4.79 Å². The average molecular weight is 264 g/mol. The topological polar surface area (TPSA) is 91.1 Å². The van der Waals surface area contributed by atoms with E-state index in [-0.39, 0.29) is 17.7 Å². The van der Waals surface area contributed by atoms with Crippen LogP contribution in [0, 0.1) is 0 Å². The van der Waals surface area contributed by atoms with E-state index in [2.05, 4.69) is 20.1 Å². The molecule has 0 saturated carbocycles. The lowest BCUT2D eigenvalue weighted by Gasteiger charge is -2.36. The van der Waals surface area contributed by atoms with Gasteiger partial charge in [0.05, 0.1) is 0 Å². The second kappa shape index (κ2) is 5.16. The fourth-order valence-corrected chi connectivity index (χ4v) is 3.06. The number of carbonyl (C=O) groups is 1. The Bertz CT molecular complexity index is 445. The maximum Gasteiger partial charge on any atom is 0.291 e. The Morgan fingerprint density at radius 2 is 1.89 bits per heavy atom. The van der Waals surface area contributed by atoms with Crippen LogP contribution in [0.3, 0.4) is 0 Å². The Morgan fingerprint density at radius 3 is 2.47 bits per heavy atom. The van der Waals surface area contributed by atoms with Gasteiger partial charge in [0.15, 0.2) is 0 Å². The third-order valence-corrected chi connectivity index (χ3v) is 4.11. The maximum absolute atomic E-state index is 12.2. The molecular formula is C12H20N6O. The smallest absolute Gasteiger partial charge is 0.291 e. The number of aromatic amines is 1. The van der Waals surface area contributed by atoms with Gasteiger partial charge < -0.3 is 15.5 Å². The summed E-state index contributed by atoms with van der Waals surface area (Å²) in [5.74, 6) is 0.275. The zero-order valence-electron chi connectivity index (χ0n) is 11.0. The summed E-state index contributed by atoms with van der Waals surface area (Å²) in [5.41, 5.74) is 5.42. The molecule has 3 heterocycles. The number of nitrogens with zero attached hydrogens (tertiary/aromatic N) is 4. The zero-order chi connectivity index (χ0) is 13.2. The van der Waals surface area contributed by atoms with Crippen molar-refractivity contribution in [3.05, 3.63) is 5.82 Å². The highest BCUT2D eigenvalue weighted by Crippen LogP contribution is 2.21. The van der Waals surface area contributed by atoms with Crippen LogP contribution in [0.4, 0.5) is 5.95 Å². The fourth-order valence-electron chi connectivity index (χ4n) is 3.06. The Kier molecular flexibility index (Phi) is 3.37. The summed E-state index contributed by atoms with van der Waals surface area (Å²) in [6, 6.07) is 0.645. The summed E-state index contributed by atoms with van der Waals surface area (Å²) in [4.78, 5) is 20.5. The van der Waals surface area contributed by atoms with Crippen molar-refractivity contribution in [2.75, 3.05) is 31.9 Å². The van der Waals surface area contributed by atoms with Gasteiger partial charge in [-0.05, 0) is 38.8 Å². The van der Waals surface area contributed by atoms with Crippen molar-refractivity contribution in [3.63, 3.8) is 0 Å². The van der Waals surface area contributed by atoms with Gasteiger partial charge in [-0.3, -0.25) is 9.89 Å².